The van der Waals surface area contributed by atoms with Gasteiger partial charge in [0.1, 0.15) is 10.8 Å². The smallest absolute Gasteiger partial charge is 0.258 e. The highest BCUT2D eigenvalue weighted by atomic mass is 32.2. The molecule has 0 saturated carbocycles. The predicted octanol–water partition coefficient (Wildman–Crippen LogP) is 5.43. The lowest BCUT2D eigenvalue weighted by atomic mass is 10.1. The fourth-order valence-corrected chi connectivity index (χ4v) is 5.27. The molecule has 8 heteroatoms. The summed E-state index contributed by atoms with van der Waals surface area (Å²) >= 11 is 1.46. The van der Waals surface area contributed by atoms with Gasteiger partial charge in [-0.3, -0.25) is 9.59 Å². The van der Waals surface area contributed by atoms with Crippen molar-refractivity contribution < 1.29 is 14.1 Å². The first-order valence-corrected chi connectivity index (χ1v) is 12.3. The van der Waals surface area contributed by atoms with Gasteiger partial charge in [0.15, 0.2) is 0 Å². The van der Waals surface area contributed by atoms with Crippen LogP contribution in [-0.2, 0) is 12.2 Å². The highest BCUT2D eigenvalue weighted by molar-refractivity contribution is 7.98. The van der Waals surface area contributed by atoms with Gasteiger partial charge in [-0.1, -0.05) is 23.4 Å². The van der Waals surface area contributed by atoms with Crippen molar-refractivity contribution in [2.24, 2.45) is 0 Å². The number of pyridine rings is 1. The second kappa shape index (κ2) is 9.76. The highest BCUT2D eigenvalue weighted by Gasteiger charge is 2.25. The molecular formula is C27H24N4O3S. The van der Waals surface area contributed by atoms with Crippen LogP contribution >= 0.6 is 11.8 Å². The van der Waals surface area contributed by atoms with Crippen molar-refractivity contribution in [3.63, 3.8) is 0 Å². The lowest BCUT2D eigenvalue weighted by Crippen LogP contribution is -2.28. The van der Waals surface area contributed by atoms with Crippen molar-refractivity contribution >= 4 is 35.0 Å². The van der Waals surface area contributed by atoms with E-state index in [1.165, 1.54) is 17.3 Å². The van der Waals surface area contributed by atoms with E-state index in [0.717, 1.165) is 29.1 Å². The Bertz CT molecular complexity index is 1380. The van der Waals surface area contributed by atoms with Gasteiger partial charge in [0.25, 0.3) is 11.8 Å². The van der Waals surface area contributed by atoms with E-state index < -0.39 is 0 Å². The molecule has 4 aromatic rings. The Kier molecular flexibility index (Phi) is 6.37. The van der Waals surface area contributed by atoms with Gasteiger partial charge in [-0.25, -0.2) is 4.98 Å². The number of fused-ring (bicyclic) bond motifs is 1. The first kappa shape index (κ1) is 22.9. The number of nitrogens with one attached hydrogen (secondary N) is 1. The zero-order valence-electron chi connectivity index (χ0n) is 19.4. The Balaban J connectivity index is 1.27. The predicted molar refractivity (Wildman–Crippen MR) is 136 cm³/mol. The standard InChI is InChI=1S/C27H24N4O3S/c1-17-23(18(2)34-30-17)16-35-26-22(7-5-14-28-26)25(32)29-21-11-9-20(10-12-21)27(33)31-15-13-19-6-3-4-8-24(19)31/h3-12,14H,13,15-16H2,1-2H3,(H,29,32). The van der Waals surface area contributed by atoms with Crippen LogP contribution in [0.2, 0.25) is 0 Å². The number of nitrogens with zero attached hydrogens (tertiary/aromatic N) is 3. The SMILES string of the molecule is Cc1noc(C)c1CSc1ncccc1C(=O)Nc1ccc(C(=O)N2CCc3ccccc32)cc1. The largest absolute Gasteiger partial charge is 0.361 e. The fourth-order valence-electron chi connectivity index (χ4n) is 4.13. The van der Waals surface area contributed by atoms with Gasteiger partial charge >= 0.3 is 0 Å². The second-order valence-corrected chi connectivity index (χ2v) is 9.28. The lowest BCUT2D eigenvalue weighted by molar-refractivity contribution is 0.0988. The summed E-state index contributed by atoms with van der Waals surface area (Å²) < 4.78 is 5.23. The minimum atomic E-state index is -0.257. The van der Waals surface area contributed by atoms with Crippen molar-refractivity contribution in [2.45, 2.75) is 31.0 Å². The van der Waals surface area contributed by atoms with E-state index in [4.69, 9.17) is 4.52 Å². The van der Waals surface area contributed by atoms with Crippen LogP contribution in [0.5, 0.6) is 0 Å². The molecule has 35 heavy (non-hydrogen) atoms. The summed E-state index contributed by atoms with van der Waals surface area (Å²) in [7, 11) is 0. The molecule has 0 saturated heterocycles. The summed E-state index contributed by atoms with van der Waals surface area (Å²) in [6.45, 7) is 4.44. The fraction of sp³-hybridized carbons (Fsp3) is 0.185. The molecule has 7 nitrogen and oxygen atoms in total. The van der Waals surface area contributed by atoms with Gasteiger partial charge in [-0.15, -0.1) is 11.8 Å². The summed E-state index contributed by atoms with van der Waals surface area (Å²) in [6, 6.07) is 18.5. The molecule has 2 aromatic heterocycles. The number of rotatable bonds is 6. The molecule has 2 aromatic carbocycles. The molecule has 1 N–H and O–H groups in total. The van der Waals surface area contributed by atoms with Crippen LogP contribution < -0.4 is 10.2 Å². The monoisotopic (exact) mass is 484 g/mol. The number of hydrogen-bond donors (Lipinski definition) is 1. The molecule has 1 aliphatic rings. The quantitative estimate of drug-likeness (QED) is 0.367. The molecule has 0 spiro atoms. The molecule has 0 aliphatic carbocycles. The number of aryl methyl sites for hydroxylation is 2. The van der Waals surface area contributed by atoms with Crippen LogP contribution in [-0.4, -0.2) is 28.5 Å². The molecule has 0 unspecified atom stereocenters. The third kappa shape index (κ3) is 4.70. The molecule has 0 fully saturated rings. The van der Waals surface area contributed by atoms with Crippen LogP contribution in [0.25, 0.3) is 0 Å². The van der Waals surface area contributed by atoms with Gasteiger partial charge in [-0.05, 0) is 68.3 Å². The number of carbonyl (C=O) groups is 2. The summed E-state index contributed by atoms with van der Waals surface area (Å²) in [5.41, 5.74) is 5.67. The third-order valence-electron chi connectivity index (χ3n) is 6.07. The summed E-state index contributed by atoms with van der Waals surface area (Å²) in [5, 5.41) is 7.53. The maximum Gasteiger partial charge on any atom is 0.258 e. The number of aromatic nitrogens is 2. The third-order valence-corrected chi connectivity index (χ3v) is 7.10. The second-order valence-electron chi connectivity index (χ2n) is 8.31. The molecule has 3 heterocycles. The zero-order valence-corrected chi connectivity index (χ0v) is 20.3. The van der Waals surface area contributed by atoms with Crippen molar-refractivity contribution in [2.75, 3.05) is 16.8 Å². The van der Waals surface area contributed by atoms with E-state index in [0.29, 0.717) is 34.1 Å². The Morgan fingerprint density at radius 3 is 2.63 bits per heavy atom. The summed E-state index contributed by atoms with van der Waals surface area (Å²) in [6.07, 6.45) is 2.53. The topological polar surface area (TPSA) is 88.3 Å². The van der Waals surface area contributed by atoms with Gasteiger partial charge in [0.05, 0.1) is 11.3 Å². The number of anilines is 2. The van der Waals surface area contributed by atoms with Crippen LogP contribution in [0.1, 0.15) is 43.3 Å². The Labute approximate surface area is 207 Å². The van der Waals surface area contributed by atoms with E-state index in [1.807, 2.05) is 32.0 Å². The number of hydrogen-bond acceptors (Lipinski definition) is 6. The van der Waals surface area contributed by atoms with E-state index in [1.54, 1.807) is 47.5 Å². The number of amides is 2. The molecule has 2 amide bonds. The van der Waals surface area contributed by atoms with Gasteiger partial charge in [0.2, 0.25) is 0 Å². The summed E-state index contributed by atoms with van der Waals surface area (Å²) in [4.78, 5) is 32.3. The van der Waals surface area contributed by atoms with Gasteiger partial charge in [0, 0.05) is 41.0 Å². The van der Waals surface area contributed by atoms with Crippen LogP contribution in [0.15, 0.2) is 76.4 Å². The molecule has 0 radical (unpaired) electrons. The Morgan fingerprint density at radius 1 is 1.06 bits per heavy atom. The van der Waals surface area contributed by atoms with Crippen LogP contribution in [0.4, 0.5) is 11.4 Å². The van der Waals surface area contributed by atoms with Crippen molar-refractivity contribution in [3.05, 3.63) is 101 Å². The van der Waals surface area contributed by atoms with Crippen molar-refractivity contribution in [3.8, 4) is 0 Å². The first-order valence-electron chi connectivity index (χ1n) is 11.3. The van der Waals surface area contributed by atoms with E-state index in [9.17, 15) is 9.59 Å². The van der Waals surface area contributed by atoms with E-state index in [-0.39, 0.29) is 11.8 Å². The minimum Gasteiger partial charge on any atom is -0.361 e. The number of carbonyl (C=O) groups excluding carboxylic acids is 2. The number of para-hydroxylation sites is 1. The number of thioether (sulfide) groups is 1. The maximum absolute atomic E-state index is 13.0. The molecule has 1 aliphatic heterocycles. The summed E-state index contributed by atoms with van der Waals surface area (Å²) in [5.74, 6) is 1.07. The van der Waals surface area contributed by atoms with Crippen molar-refractivity contribution in [1.29, 1.82) is 0 Å². The zero-order chi connectivity index (χ0) is 24.4. The minimum absolute atomic E-state index is 0.0434. The normalized spacial score (nSPS) is 12.5. The average molecular weight is 485 g/mol. The first-order chi connectivity index (χ1) is 17.0. The van der Waals surface area contributed by atoms with Gasteiger partial charge in [-0.2, -0.15) is 0 Å². The molecular weight excluding hydrogens is 460 g/mol. The molecule has 5 rings (SSSR count). The Hall–Kier alpha value is -3.91. The number of benzene rings is 2. The molecule has 0 bridgehead atoms. The van der Waals surface area contributed by atoms with Gasteiger partial charge < -0.3 is 14.7 Å². The van der Waals surface area contributed by atoms with Crippen molar-refractivity contribution in [1.82, 2.24) is 10.1 Å². The Morgan fingerprint density at radius 2 is 1.86 bits per heavy atom. The van der Waals surface area contributed by atoms with Crippen LogP contribution in [0, 0.1) is 13.8 Å². The lowest BCUT2D eigenvalue weighted by Gasteiger charge is -2.17. The van der Waals surface area contributed by atoms with E-state index >= 15 is 0 Å². The molecule has 176 valence electrons. The highest BCUT2D eigenvalue weighted by Crippen LogP contribution is 2.30. The maximum atomic E-state index is 13.0. The average Bonchev–Trinajstić information content (AvgIpc) is 3.45. The van der Waals surface area contributed by atoms with E-state index in [2.05, 4.69) is 21.5 Å². The van der Waals surface area contributed by atoms with Crippen LogP contribution in [0.3, 0.4) is 0 Å². The molecule has 0 atom stereocenters.